The molecule has 1 atom stereocenters. The van der Waals surface area contributed by atoms with Gasteiger partial charge in [0.1, 0.15) is 5.82 Å². The molecule has 2 aromatic rings. The summed E-state index contributed by atoms with van der Waals surface area (Å²) in [6.45, 7) is 2.31. The number of aliphatic hydroxyl groups is 1. The SMILES string of the molecule is CCn1cc(NC(=O)CC(O)c2cccc(F)c2)ccc1=O. The maximum Gasteiger partial charge on any atom is 0.250 e. The van der Waals surface area contributed by atoms with E-state index in [1.165, 1.54) is 41.1 Å². The molecule has 0 fully saturated rings. The van der Waals surface area contributed by atoms with Crippen molar-refractivity contribution in [2.75, 3.05) is 5.32 Å². The van der Waals surface area contributed by atoms with E-state index in [4.69, 9.17) is 0 Å². The van der Waals surface area contributed by atoms with E-state index in [1.54, 1.807) is 6.07 Å². The van der Waals surface area contributed by atoms with Crippen LogP contribution in [0.3, 0.4) is 0 Å². The molecule has 1 amide bonds. The number of nitrogens with zero attached hydrogens (tertiary/aromatic N) is 1. The van der Waals surface area contributed by atoms with Gasteiger partial charge in [0.25, 0.3) is 5.56 Å². The molecule has 0 spiro atoms. The van der Waals surface area contributed by atoms with Crippen molar-refractivity contribution in [2.24, 2.45) is 0 Å². The minimum Gasteiger partial charge on any atom is -0.388 e. The first kappa shape index (κ1) is 15.9. The Bertz CT molecular complexity index is 727. The van der Waals surface area contributed by atoms with Crippen LogP contribution >= 0.6 is 0 Å². The molecule has 0 bridgehead atoms. The number of carbonyl (C=O) groups is 1. The van der Waals surface area contributed by atoms with Gasteiger partial charge >= 0.3 is 0 Å². The number of aromatic nitrogens is 1. The second kappa shape index (κ2) is 7.00. The maximum absolute atomic E-state index is 13.1. The maximum atomic E-state index is 13.1. The molecule has 1 heterocycles. The lowest BCUT2D eigenvalue weighted by atomic mass is 10.1. The summed E-state index contributed by atoms with van der Waals surface area (Å²) in [7, 11) is 0. The largest absolute Gasteiger partial charge is 0.388 e. The molecule has 6 heteroatoms. The second-order valence-corrected chi connectivity index (χ2v) is 4.87. The summed E-state index contributed by atoms with van der Waals surface area (Å²) < 4.78 is 14.5. The fourth-order valence-electron chi connectivity index (χ4n) is 2.07. The smallest absolute Gasteiger partial charge is 0.250 e. The van der Waals surface area contributed by atoms with E-state index in [1.807, 2.05) is 6.92 Å². The van der Waals surface area contributed by atoms with Gasteiger partial charge in [0.15, 0.2) is 0 Å². The lowest BCUT2D eigenvalue weighted by molar-refractivity contribution is -0.118. The fourth-order valence-corrected chi connectivity index (χ4v) is 2.07. The fraction of sp³-hybridized carbons (Fsp3) is 0.250. The Morgan fingerprint density at radius 1 is 1.36 bits per heavy atom. The number of carbonyl (C=O) groups excluding carboxylic acids is 1. The summed E-state index contributed by atoms with van der Waals surface area (Å²) in [5.74, 6) is -0.884. The number of benzene rings is 1. The number of rotatable bonds is 5. The molecule has 5 nitrogen and oxygen atoms in total. The number of hydrogen-bond donors (Lipinski definition) is 2. The summed E-state index contributed by atoms with van der Waals surface area (Å²) in [4.78, 5) is 23.4. The Morgan fingerprint density at radius 3 is 2.82 bits per heavy atom. The number of anilines is 1. The quantitative estimate of drug-likeness (QED) is 0.888. The van der Waals surface area contributed by atoms with Crippen LogP contribution in [0.5, 0.6) is 0 Å². The van der Waals surface area contributed by atoms with Gasteiger partial charge in [0.2, 0.25) is 5.91 Å². The first-order chi connectivity index (χ1) is 10.5. The first-order valence-corrected chi connectivity index (χ1v) is 6.93. The third-order valence-electron chi connectivity index (χ3n) is 3.22. The zero-order valence-corrected chi connectivity index (χ0v) is 12.1. The third-order valence-corrected chi connectivity index (χ3v) is 3.22. The van der Waals surface area contributed by atoms with Gasteiger partial charge in [-0.2, -0.15) is 0 Å². The van der Waals surface area contributed by atoms with Gasteiger partial charge in [0, 0.05) is 18.8 Å². The second-order valence-electron chi connectivity index (χ2n) is 4.87. The molecule has 1 unspecified atom stereocenters. The summed E-state index contributed by atoms with van der Waals surface area (Å²) in [5.41, 5.74) is 0.659. The first-order valence-electron chi connectivity index (χ1n) is 6.93. The van der Waals surface area contributed by atoms with Gasteiger partial charge in [0.05, 0.1) is 18.2 Å². The van der Waals surface area contributed by atoms with E-state index >= 15 is 0 Å². The lowest BCUT2D eigenvalue weighted by Gasteiger charge is -2.12. The molecule has 0 aliphatic rings. The van der Waals surface area contributed by atoms with Crippen LogP contribution in [0, 0.1) is 5.82 Å². The van der Waals surface area contributed by atoms with E-state index in [9.17, 15) is 19.1 Å². The topological polar surface area (TPSA) is 71.3 Å². The highest BCUT2D eigenvalue weighted by atomic mass is 19.1. The molecule has 0 aliphatic carbocycles. The summed E-state index contributed by atoms with van der Waals surface area (Å²) in [6.07, 6.45) is 0.247. The highest BCUT2D eigenvalue weighted by Gasteiger charge is 2.14. The number of halogens is 1. The summed E-state index contributed by atoms with van der Waals surface area (Å²) in [5, 5.41) is 12.6. The standard InChI is InChI=1S/C16H17FN2O3/c1-2-19-10-13(6-7-16(19)22)18-15(21)9-14(20)11-4-3-5-12(17)8-11/h3-8,10,14,20H,2,9H2,1H3,(H,18,21). The zero-order valence-electron chi connectivity index (χ0n) is 12.1. The van der Waals surface area contributed by atoms with Crippen molar-refractivity contribution in [2.45, 2.75) is 26.0 Å². The van der Waals surface area contributed by atoms with Crippen molar-refractivity contribution in [3.05, 3.63) is 64.3 Å². The molecule has 0 radical (unpaired) electrons. The highest BCUT2D eigenvalue weighted by molar-refractivity contribution is 5.90. The molecule has 1 aromatic carbocycles. The molecule has 116 valence electrons. The normalized spacial score (nSPS) is 12.0. The van der Waals surface area contributed by atoms with Crippen molar-refractivity contribution in [1.82, 2.24) is 4.57 Å². The minimum atomic E-state index is -1.09. The Balaban J connectivity index is 2.02. The van der Waals surface area contributed by atoms with Gasteiger partial charge in [-0.3, -0.25) is 9.59 Å². The number of pyridine rings is 1. The highest BCUT2D eigenvalue weighted by Crippen LogP contribution is 2.18. The van der Waals surface area contributed by atoms with Crippen LogP contribution in [0.1, 0.15) is 25.0 Å². The van der Waals surface area contributed by atoms with Crippen LogP contribution in [-0.2, 0) is 11.3 Å². The van der Waals surface area contributed by atoms with Gasteiger partial charge in [-0.25, -0.2) is 4.39 Å². The van der Waals surface area contributed by atoms with E-state index in [-0.39, 0.29) is 12.0 Å². The molecule has 0 saturated heterocycles. The number of nitrogens with one attached hydrogen (secondary N) is 1. The summed E-state index contributed by atoms with van der Waals surface area (Å²) in [6, 6.07) is 8.35. The van der Waals surface area contributed by atoms with Crippen molar-refractivity contribution in [1.29, 1.82) is 0 Å². The van der Waals surface area contributed by atoms with E-state index in [0.29, 0.717) is 17.8 Å². The molecular formula is C16H17FN2O3. The number of hydrogen-bond acceptors (Lipinski definition) is 3. The van der Waals surface area contributed by atoms with E-state index < -0.39 is 17.8 Å². The van der Waals surface area contributed by atoms with Crippen molar-refractivity contribution in [3.8, 4) is 0 Å². The lowest BCUT2D eigenvalue weighted by Crippen LogP contribution is -2.20. The van der Waals surface area contributed by atoms with Crippen LogP contribution in [0.25, 0.3) is 0 Å². The average molecular weight is 304 g/mol. The monoisotopic (exact) mass is 304 g/mol. The van der Waals surface area contributed by atoms with Gasteiger partial charge in [-0.05, 0) is 30.7 Å². The van der Waals surface area contributed by atoms with Gasteiger partial charge in [-0.1, -0.05) is 12.1 Å². The Labute approximate surface area is 127 Å². The number of amides is 1. The molecule has 2 rings (SSSR count). The predicted molar refractivity (Wildman–Crippen MR) is 81.0 cm³/mol. The Kier molecular flexibility index (Phi) is 5.06. The average Bonchev–Trinajstić information content (AvgIpc) is 2.49. The zero-order chi connectivity index (χ0) is 16.1. The molecular weight excluding hydrogens is 287 g/mol. The van der Waals surface area contributed by atoms with Crippen molar-refractivity contribution in [3.63, 3.8) is 0 Å². The number of aliphatic hydroxyl groups excluding tert-OH is 1. The van der Waals surface area contributed by atoms with E-state index in [0.717, 1.165) is 0 Å². The van der Waals surface area contributed by atoms with Crippen molar-refractivity contribution < 1.29 is 14.3 Å². The molecule has 0 aliphatic heterocycles. The number of aryl methyl sites for hydroxylation is 1. The van der Waals surface area contributed by atoms with E-state index in [2.05, 4.69) is 5.32 Å². The minimum absolute atomic E-state index is 0.153. The van der Waals surface area contributed by atoms with Crippen LogP contribution in [-0.4, -0.2) is 15.6 Å². The molecule has 22 heavy (non-hydrogen) atoms. The molecule has 1 aromatic heterocycles. The van der Waals surface area contributed by atoms with Crippen molar-refractivity contribution >= 4 is 11.6 Å². The molecule has 0 saturated carbocycles. The molecule has 2 N–H and O–H groups in total. The van der Waals surface area contributed by atoms with Crippen LogP contribution in [0.4, 0.5) is 10.1 Å². The predicted octanol–water partition coefficient (Wildman–Crippen LogP) is 2.07. The van der Waals surface area contributed by atoms with Gasteiger partial charge < -0.3 is 15.0 Å². The van der Waals surface area contributed by atoms with Crippen LogP contribution in [0.2, 0.25) is 0 Å². The van der Waals surface area contributed by atoms with Crippen LogP contribution < -0.4 is 10.9 Å². The summed E-state index contributed by atoms with van der Waals surface area (Å²) >= 11 is 0. The Morgan fingerprint density at radius 2 is 2.14 bits per heavy atom. The van der Waals surface area contributed by atoms with Gasteiger partial charge in [-0.15, -0.1) is 0 Å². The Hall–Kier alpha value is -2.47. The third kappa shape index (κ3) is 4.02. The van der Waals surface area contributed by atoms with Crippen LogP contribution in [0.15, 0.2) is 47.4 Å².